The Kier molecular flexibility index (Phi) is 14.5. The molecule has 0 spiro atoms. The van der Waals surface area contributed by atoms with Crippen LogP contribution >= 0.6 is 0 Å². The van der Waals surface area contributed by atoms with Crippen LogP contribution in [0.3, 0.4) is 0 Å². The molecule has 3 aromatic carbocycles. The minimum absolute atomic E-state index is 0.0199. The monoisotopic (exact) mass is 876 g/mol. The highest BCUT2D eigenvalue weighted by Gasteiger charge is 2.42. The third-order valence-corrected chi connectivity index (χ3v) is 13.4. The Morgan fingerprint density at radius 3 is 1.59 bits per heavy atom. The first kappa shape index (κ1) is 50.5. The number of nitrogens with two attached hydrogens (primary N) is 2. The SMILES string of the molecule is COC(=O)C(CCCN)(CCCN)CNC(=O)C(Cc1c(C(C)(C)C)[nH]c2cc(C(C)(C)C)cc(C(C)(C)C)c12)NC(=O)C1c2cc(C(C)(C)C)ccc2-c2ccc(C(C)(C)C)cc21. The van der Waals surface area contributed by atoms with E-state index in [1.54, 1.807) is 0 Å². The molecule has 1 aromatic heterocycles. The number of aromatic amines is 1. The topological polar surface area (TPSA) is 152 Å². The van der Waals surface area contributed by atoms with E-state index >= 15 is 9.59 Å². The number of aromatic nitrogens is 1. The summed E-state index contributed by atoms with van der Waals surface area (Å²) in [5.41, 5.74) is 21.6. The van der Waals surface area contributed by atoms with Gasteiger partial charge in [0.2, 0.25) is 11.8 Å². The summed E-state index contributed by atoms with van der Waals surface area (Å²) in [6.07, 6.45) is 2.21. The number of hydrogen-bond acceptors (Lipinski definition) is 6. The predicted octanol–water partition coefficient (Wildman–Crippen LogP) is 10.2. The molecule has 0 radical (unpaired) electrons. The van der Waals surface area contributed by atoms with Crippen LogP contribution in [0.2, 0.25) is 0 Å². The summed E-state index contributed by atoms with van der Waals surface area (Å²) in [4.78, 5) is 48.2. The number of methoxy groups -OCH3 is 1. The molecule has 350 valence electrons. The lowest BCUT2D eigenvalue weighted by atomic mass is 9.77. The first-order valence-electron chi connectivity index (χ1n) is 23.5. The number of fused-ring (bicyclic) bond motifs is 4. The molecule has 64 heavy (non-hydrogen) atoms. The van der Waals surface area contributed by atoms with Crippen LogP contribution in [0.5, 0.6) is 0 Å². The Balaban J connectivity index is 1.73. The van der Waals surface area contributed by atoms with Crippen molar-refractivity contribution in [2.75, 3.05) is 26.7 Å². The van der Waals surface area contributed by atoms with Gasteiger partial charge in [-0.3, -0.25) is 14.4 Å². The van der Waals surface area contributed by atoms with E-state index in [1.807, 2.05) is 0 Å². The van der Waals surface area contributed by atoms with Gasteiger partial charge in [0.05, 0.1) is 18.4 Å². The molecule has 0 saturated heterocycles. The summed E-state index contributed by atoms with van der Waals surface area (Å²) in [7, 11) is 1.38. The lowest BCUT2D eigenvalue weighted by molar-refractivity contribution is -0.154. The zero-order valence-electron chi connectivity index (χ0n) is 42.2. The quantitative estimate of drug-likeness (QED) is 0.0796. The van der Waals surface area contributed by atoms with Gasteiger partial charge >= 0.3 is 5.97 Å². The number of carbonyl (C=O) groups is 3. The van der Waals surface area contributed by atoms with Gasteiger partial charge in [0.25, 0.3) is 0 Å². The molecule has 0 fully saturated rings. The molecule has 4 aromatic rings. The van der Waals surface area contributed by atoms with Crippen molar-refractivity contribution in [3.8, 4) is 11.1 Å². The summed E-state index contributed by atoms with van der Waals surface area (Å²) >= 11 is 0. The summed E-state index contributed by atoms with van der Waals surface area (Å²) in [6.45, 7) is 33.8. The molecular formula is C55H81N5O4. The first-order chi connectivity index (χ1) is 29.5. The van der Waals surface area contributed by atoms with E-state index in [1.165, 1.54) is 18.2 Å². The van der Waals surface area contributed by atoms with Gasteiger partial charge in [0, 0.05) is 35.0 Å². The van der Waals surface area contributed by atoms with Crippen LogP contribution in [0, 0.1) is 5.41 Å². The smallest absolute Gasteiger partial charge is 0.313 e. The Morgan fingerprint density at radius 2 is 1.17 bits per heavy atom. The second kappa shape index (κ2) is 18.4. The van der Waals surface area contributed by atoms with E-state index < -0.39 is 23.3 Å². The van der Waals surface area contributed by atoms with E-state index in [9.17, 15) is 4.79 Å². The molecule has 0 saturated carbocycles. The number of carbonyl (C=O) groups excluding carboxylic acids is 3. The first-order valence-corrected chi connectivity index (χ1v) is 23.5. The number of benzene rings is 3. The average Bonchev–Trinajstić information content (AvgIpc) is 3.73. The molecule has 7 N–H and O–H groups in total. The lowest BCUT2D eigenvalue weighted by Gasteiger charge is -2.32. The fourth-order valence-corrected chi connectivity index (χ4v) is 9.47. The molecule has 1 unspecified atom stereocenters. The lowest BCUT2D eigenvalue weighted by Crippen LogP contribution is -2.53. The van der Waals surface area contributed by atoms with Gasteiger partial charge in [-0.25, -0.2) is 0 Å². The van der Waals surface area contributed by atoms with Crippen LogP contribution in [-0.4, -0.2) is 55.6 Å². The number of esters is 1. The predicted molar refractivity (Wildman–Crippen MR) is 265 cm³/mol. The summed E-state index contributed by atoms with van der Waals surface area (Å²) in [5.74, 6) is -1.68. The van der Waals surface area contributed by atoms with E-state index in [0.29, 0.717) is 38.8 Å². The van der Waals surface area contributed by atoms with Gasteiger partial charge in [0.15, 0.2) is 0 Å². The van der Waals surface area contributed by atoms with Crippen LogP contribution in [0.4, 0.5) is 0 Å². The molecule has 2 amide bonds. The summed E-state index contributed by atoms with van der Waals surface area (Å²) in [5, 5.41) is 7.65. The van der Waals surface area contributed by atoms with E-state index in [-0.39, 0.29) is 51.9 Å². The number of H-pyrrole nitrogens is 1. The fraction of sp³-hybridized carbons (Fsp3) is 0.582. The normalized spacial score (nSPS) is 14.3. The Morgan fingerprint density at radius 1 is 0.672 bits per heavy atom. The van der Waals surface area contributed by atoms with Crippen molar-refractivity contribution in [2.24, 2.45) is 16.9 Å². The highest BCUT2D eigenvalue weighted by Crippen LogP contribution is 2.48. The maximum absolute atomic E-state index is 15.5. The van der Waals surface area contributed by atoms with Gasteiger partial charge in [-0.2, -0.15) is 0 Å². The van der Waals surface area contributed by atoms with Crippen molar-refractivity contribution in [3.63, 3.8) is 0 Å². The summed E-state index contributed by atoms with van der Waals surface area (Å²) in [6, 6.07) is 16.6. The van der Waals surface area contributed by atoms with Gasteiger partial charge in [0.1, 0.15) is 6.04 Å². The highest BCUT2D eigenvalue weighted by molar-refractivity contribution is 5.99. The molecule has 1 heterocycles. The highest BCUT2D eigenvalue weighted by atomic mass is 16.5. The number of nitrogens with one attached hydrogen (secondary N) is 3. The van der Waals surface area contributed by atoms with Crippen LogP contribution in [0.1, 0.15) is 180 Å². The molecular weight excluding hydrogens is 795 g/mol. The maximum atomic E-state index is 15.5. The van der Waals surface area contributed by atoms with E-state index in [0.717, 1.165) is 55.5 Å². The van der Waals surface area contributed by atoms with Gasteiger partial charge < -0.3 is 31.8 Å². The Bertz CT molecular complexity index is 2280. The molecule has 0 aliphatic heterocycles. The standard InChI is InChI=1S/C55H81N5O4/c1-50(2,3)33-19-21-36-37-22-20-34(51(4,5)6)28-39(37)44(38(36)27-33)48(62)60-43(47(61)58-32-55(23-17-25-56,24-18-26-57)49(63)64-16)31-40-45-41(53(10,11)12)29-35(52(7,8)9)30-42(45)59-46(40)54(13,14)15/h19-22,27-30,43-44,59H,17-18,23-26,31-32,56-57H2,1-16H3,(H,58,61)(H,60,62). The Hall–Kier alpha value is -4.47. The molecule has 1 aliphatic carbocycles. The minimum Gasteiger partial charge on any atom is -0.469 e. The molecule has 1 atom stereocenters. The van der Waals surface area contributed by atoms with Crippen LogP contribution in [-0.2, 0) is 52.6 Å². The second-order valence-corrected chi connectivity index (χ2v) is 23.8. The van der Waals surface area contributed by atoms with Crippen molar-refractivity contribution in [2.45, 2.75) is 175 Å². The Labute approximate surface area is 385 Å². The summed E-state index contributed by atoms with van der Waals surface area (Å²) < 4.78 is 5.39. The van der Waals surface area contributed by atoms with Crippen molar-refractivity contribution in [3.05, 3.63) is 93.2 Å². The van der Waals surface area contributed by atoms with E-state index in [2.05, 4.69) is 168 Å². The maximum Gasteiger partial charge on any atom is 0.313 e. The molecule has 9 heteroatoms. The number of amides is 2. The second-order valence-electron chi connectivity index (χ2n) is 23.8. The van der Waals surface area contributed by atoms with Crippen molar-refractivity contribution >= 4 is 28.7 Å². The van der Waals surface area contributed by atoms with Crippen LogP contribution < -0.4 is 22.1 Å². The van der Waals surface area contributed by atoms with Crippen molar-refractivity contribution in [1.29, 1.82) is 0 Å². The average molecular weight is 876 g/mol. The van der Waals surface area contributed by atoms with Crippen molar-refractivity contribution in [1.82, 2.24) is 15.6 Å². The van der Waals surface area contributed by atoms with Gasteiger partial charge in [-0.05, 0) is 117 Å². The molecule has 9 nitrogen and oxygen atoms in total. The van der Waals surface area contributed by atoms with E-state index in [4.69, 9.17) is 16.2 Å². The van der Waals surface area contributed by atoms with Gasteiger partial charge in [-0.1, -0.05) is 146 Å². The molecule has 0 bridgehead atoms. The zero-order valence-corrected chi connectivity index (χ0v) is 42.2. The number of rotatable bonds is 14. The number of hydrogen-bond donors (Lipinski definition) is 5. The zero-order chi connectivity index (χ0) is 48.0. The largest absolute Gasteiger partial charge is 0.469 e. The van der Waals surface area contributed by atoms with Crippen LogP contribution in [0.15, 0.2) is 48.5 Å². The molecule has 1 aliphatic rings. The number of ether oxygens (including phenoxy) is 1. The fourth-order valence-electron chi connectivity index (χ4n) is 9.47. The molecule has 5 rings (SSSR count). The van der Waals surface area contributed by atoms with Crippen molar-refractivity contribution < 1.29 is 19.1 Å². The minimum atomic E-state index is -1.03. The third-order valence-electron chi connectivity index (χ3n) is 13.4. The van der Waals surface area contributed by atoms with Crippen LogP contribution in [0.25, 0.3) is 22.0 Å². The third kappa shape index (κ3) is 10.6. The van der Waals surface area contributed by atoms with Gasteiger partial charge in [-0.15, -0.1) is 0 Å².